The van der Waals surface area contributed by atoms with Crippen LogP contribution in [-0.2, 0) is 25.7 Å². The minimum Gasteiger partial charge on any atom is -0.468 e. The van der Waals surface area contributed by atoms with E-state index >= 15 is 0 Å². The first-order valence-electron chi connectivity index (χ1n) is 7.79. The van der Waals surface area contributed by atoms with E-state index in [-0.39, 0.29) is 19.1 Å². The Morgan fingerprint density at radius 3 is 2.42 bits per heavy atom. The van der Waals surface area contributed by atoms with Crippen molar-refractivity contribution in [3.8, 4) is 0 Å². The summed E-state index contributed by atoms with van der Waals surface area (Å²) < 4.78 is 9.60. The fraction of sp³-hybridized carbons (Fsp3) is 0.471. The van der Waals surface area contributed by atoms with E-state index in [1.54, 1.807) is 0 Å². The zero-order chi connectivity index (χ0) is 17.9. The van der Waals surface area contributed by atoms with E-state index in [1.165, 1.54) is 7.11 Å². The predicted octanol–water partition coefficient (Wildman–Crippen LogP) is 1.62. The number of alkyl carbamates (subject to hydrolysis) is 1. The van der Waals surface area contributed by atoms with Crippen LogP contribution >= 0.6 is 0 Å². The predicted molar refractivity (Wildman–Crippen MR) is 88.0 cm³/mol. The van der Waals surface area contributed by atoms with Gasteiger partial charge in [-0.15, -0.1) is 0 Å². The summed E-state index contributed by atoms with van der Waals surface area (Å²) in [6.45, 7) is 3.61. The molecule has 1 aromatic rings. The number of carbonyl (C=O) groups is 3. The van der Waals surface area contributed by atoms with Gasteiger partial charge in [0, 0.05) is 0 Å². The normalized spacial score (nSPS) is 12.6. The molecule has 0 bridgehead atoms. The molecule has 0 radical (unpaired) electrons. The van der Waals surface area contributed by atoms with Crippen molar-refractivity contribution in [1.82, 2.24) is 10.6 Å². The molecule has 2 amide bonds. The van der Waals surface area contributed by atoms with Gasteiger partial charge in [-0.1, -0.05) is 50.6 Å². The Balaban J connectivity index is 2.56. The van der Waals surface area contributed by atoms with Crippen LogP contribution in [0.4, 0.5) is 4.79 Å². The Morgan fingerprint density at radius 1 is 1.17 bits per heavy atom. The van der Waals surface area contributed by atoms with Crippen LogP contribution in [0, 0.1) is 5.92 Å². The fourth-order valence-electron chi connectivity index (χ4n) is 1.94. The van der Waals surface area contributed by atoms with E-state index in [4.69, 9.17) is 4.74 Å². The zero-order valence-corrected chi connectivity index (χ0v) is 14.2. The molecule has 7 nitrogen and oxygen atoms in total. The maximum absolute atomic E-state index is 12.2. The van der Waals surface area contributed by atoms with E-state index < -0.39 is 24.0 Å². The van der Waals surface area contributed by atoms with Gasteiger partial charge in [0.2, 0.25) is 5.91 Å². The second kappa shape index (κ2) is 10.3. The van der Waals surface area contributed by atoms with E-state index in [2.05, 4.69) is 15.4 Å². The van der Waals surface area contributed by atoms with Crippen LogP contribution in [0.3, 0.4) is 0 Å². The van der Waals surface area contributed by atoms with Crippen LogP contribution in [0.2, 0.25) is 0 Å². The number of hydrogen-bond acceptors (Lipinski definition) is 5. The lowest BCUT2D eigenvalue weighted by atomic mass is 9.98. The number of rotatable bonds is 8. The average molecular weight is 336 g/mol. The van der Waals surface area contributed by atoms with Gasteiger partial charge < -0.3 is 20.1 Å². The van der Waals surface area contributed by atoms with Crippen LogP contribution in [-0.4, -0.2) is 37.7 Å². The Labute approximate surface area is 141 Å². The molecule has 0 saturated carbocycles. The Hall–Kier alpha value is -2.57. The molecule has 2 N–H and O–H groups in total. The van der Waals surface area contributed by atoms with Crippen molar-refractivity contribution in [3.63, 3.8) is 0 Å². The van der Waals surface area contributed by atoms with Crippen LogP contribution in [0.15, 0.2) is 30.3 Å². The largest absolute Gasteiger partial charge is 0.468 e. The summed E-state index contributed by atoms with van der Waals surface area (Å²) in [5, 5.41) is 5.00. The molecule has 24 heavy (non-hydrogen) atoms. The lowest BCUT2D eigenvalue weighted by Gasteiger charge is -2.23. The molecule has 0 aliphatic carbocycles. The number of carbonyl (C=O) groups excluding carboxylic acids is 3. The Kier molecular flexibility index (Phi) is 8.32. The van der Waals surface area contributed by atoms with Gasteiger partial charge in [-0.05, 0) is 11.5 Å². The van der Waals surface area contributed by atoms with Gasteiger partial charge in [0.15, 0.2) is 0 Å². The highest BCUT2D eigenvalue weighted by Crippen LogP contribution is 2.09. The number of methoxy groups -OCH3 is 1. The summed E-state index contributed by atoms with van der Waals surface area (Å²) in [6, 6.07) is 8.44. The zero-order valence-electron chi connectivity index (χ0n) is 14.2. The highest BCUT2D eigenvalue weighted by atomic mass is 16.5. The Bertz CT molecular complexity index is 547. The van der Waals surface area contributed by atoms with Gasteiger partial charge in [-0.25, -0.2) is 4.79 Å². The molecule has 0 fully saturated rings. The first-order chi connectivity index (χ1) is 11.5. The minimum absolute atomic E-state index is 0.115. The van der Waals surface area contributed by atoms with E-state index in [1.807, 2.05) is 44.2 Å². The first kappa shape index (κ1) is 19.5. The fourth-order valence-corrected chi connectivity index (χ4v) is 1.94. The van der Waals surface area contributed by atoms with Gasteiger partial charge in [0.25, 0.3) is 0 Å². The van der Waals surface area contributed by atoms with Crippen molar-refractivity contribution in [2.75, 3.05) is 13.7 Å². The molecule has 132 valence electrons. The SMILES string of the molecule is CCC(C)[C@H](NC(=O)OCc1ccccc1)C(=O)NCC(=O)OC. The number of benzene rings is 1. The summed E-state index contributed by atoms with van der Waals surface area (Å²) in [5.41, 5.74) is 0.850. The lowest BCUT2D eigenvalue weighted by molar-refractivity contribution is -0.141. The maximum Gasteiger partial charge on any atom is 0.408 e. The van der Waals surface area contributed by atoms with Crippen LogP contribution in [0.1, 0.15) is 25.8 Å². The molecule has 0 saturated heterocycles. The van der Waals surface area contributed by atoms with Crippen LogP contribution in [0.25, 0.3) is 0 Å². The second-order valence-corrected chi connectivity index (χ2v) is 5.36. The summed E-state index contributed by atoms with van der Waals surface area (Å²) >= 11 is 0. The summed E-state index contributed by atoms with van der Waals surface area (Å²) in [7, 11) is 1.24. The molecular weight excluding hydrogens is 312 g/mol. The Morgan fingerprint density at radius 2 is 1.83 bits per heavy atom. The minimum atomic E-state index is -0.789. The van der Waals surface area contributed by atoms with Crippen molar-refractivity contribution >= 4 is 18.0 Å². The van der Waals surface area contributed by atoms with Gasteiger partial charge >= 0.3 is 12.1 Å². The highest BCUT2D eigenvalue weighted by Gasteiger charge is 2.26. The molecule has 1 unspecified atom stereocenters. The van der Waals surface area contributed by atoms with Crippen molar-refractivity contribution in [2.45, 2.75) is 32.9 Å². The van der Waals surface area contributed by atoms with Gasteiger partial charge in [0.05, 0.1) is 7.11 Å². The topological polar surface area (TPSA) is 93.7 Å². The number of nitrogens with one attached hydrogen (secondary N) is 2. The quantitative estimate of drug-likeness (QED) is 0.704. The first-order valence-corrected chi connectivity index (χ1v) is 7.79. The molecule has 0 spiro atoms. The summed E-state index contributed by atoms with van der Waals surface area (Å²) in [6.07, 6.45) is -0.00712. The van der Waals surface area contributed by atoms with Crippen molar-refractivity contribution in [1.29, 1.82) is 0 Å². The molecule has 1 rings (SSSR count). The molecule has 0 heterocycles. The number of amides is 2. The molecule has 0 aliphatic heterocycles. The van der Waals surface area contributed by atoms with Crippen LogP contribution < -0.4 is 10.6 Å². The van der Waals surface area contributed by atoms with Crippen molar-refractivity contribution in [2.24, 2.45) is 5.92 Å². The molecule has 0 aliphatic rings. The molecule has 2 atom stereocenters. The van der Waals surface area contributed by atoms with Gasteiger partial charge in [0.1, 0.15) is 19.2 Å². The van der Waals surface area contributed by atoms with E-state index in [0.717, 1.165) is 5.56 Å². The van der Waals surface area contributed by atoms with E-state index in [0.29, 0.717) is 6.42 Å². The van der Waals surface area contributed by atoms with Crippen molar-refractivity contribution < 1.29 is 23.9 Å². The van der Waals surface area contributed by atoms with E-state index in [9.17, 15) is 14.4 Å². The monoisotopic (exact) mass is 336 g/mol. The third kappa shape index (κ3) is 6.68. The molecule has 1 aromatic carbocycles. The van der Waals surface area contributed by atoms with Gasteiger partial charge in [-0.2, -0.15) is 0 Å². The summed E-state index contributed by atoms with van der Waals surface area (Å²) in [4.78, 5) is 35.2. The standard InChI is InChI=1S/C17H24N2O5/c1-4-12(2)15(16(21)18-10-14(20)23-3)19-17(22)24-11-13-8-6-5-7-9-13/h5-9,12,15H,4,10-11H2,1-3H3,(H,18,21)(H,19,22)/t12?,15-/m0/s1. The molecule has 7 heteroatoms. The number of esters is 1. The average Bonchev–Trinajstić information content (AvgIpc) is 2.62. The smallest absolute Gasteiger partial charge is 0.408 e. The molecule has 0 aromatic heterocycles. The molecular formula is C17H24N2O5. The highest BCUT2D eigenvalue weighted by molar-refractivity contribution is 5.88. The van der Waals surface area contributed by atoms with Gasteiger partial charge in [-0.3, -0.25) is 9.59 Å². The maximum atomic E-state index is 12.2. The third-order valence-corrected chi connectivity index (χ3v) is 3.62. The summed E-state index contributed by atoms with van der Waals surface area (Å²) in [5.74, 6) is -1.13. The third-order valence-electron chi connectivity index (χ3n) is 3.62. The van der Waals surface area contributed by atoms with Crippen molar-refractivity contribution in [3.05, 3.63) is 35.9 Å². The van der Waals surface area contributed by atoms with Crippen LogP contribution in [0.5, 0.6) is 0 Å². The second-order valence-electron chi connectivity index (χ2n) is 5.36. The number of hydrogen-bond donors (Lipinski definition) is 2. The number of ether oxygens (including phenoxy) is 2. The lowest BCUT2D eigenvalue weighted by Crippen LogP contribution is -2.51.